The molecule has 1 aliphatic heterocycles. The van der Waals surface area contributed by atoms with Gasteiger partial charge in [-0.1, -0.05) is 26.0 Å². The Morgan fingerprint density at radius 3 is 2.95 bits per heavy atom. The normalized spacial score (nSPS) is 30.8. The lowest BCUT2D eigenvalue weighted by Gasteiger charge is -2.60. The summed E-state index contributed by atoms with van der Waals surface area (Å²) >= 11 is 0. The molecule has 0 amide bonds. The quantitative estimate of drug-likeness (QED) is 0.894. The third-order valence-electron chi connectivity index (χ3n) is 5.03. The first-order valence-corrected chi connectivity index (χ1v) is 7.43. The molecule has 1 N–H and O–H groups in total. The van der Waals surface area contributed by atoms with Gasteiger partial charge in [0.1, 0.15) is 6.07 Å². The highest BCUT2D eigenvalue weighted by Crippen LogP contribution is 2.52. The lowest BCUT2D eigenvalue weighted by Crippen LogP contribution is -2.67. The molecule has 1 saturated carbocycles. The third-order valence-corrected chi connectivity index (χ3v) is 5.03. The molecule has 3 heteroatoms. The molecule has 1 aliphatic carbocycles. The lowest BCUT2D eigenvalue weighted by molar-refractivity contribution is -0.177. The van der Waals surface area contributed by atoms with Crippen molar-refractivity contribution >= 4 is 5.69 Å². The van der Waals surface area contributed by atoms with E-state index in [-0.39, 0.29) is 5.41 Å². The summed E-state index contributed by atoms with van der Waals surface area (Å²) in [6.07, 6.45) is 2.73. The summed E-state index contributed by atoms with van der Waals surface area (Å²) in [7, 11) is 0. The van der Waals surface area contributed by atoms with E-state index in [0.717, 1.165) is 29.8 Å². The Kier molecular flexibility index (Phi) is 3.22. The number of nitrogens with zero attached hydrogens (tertiary/aromatic N) is 1. The van der Waals surface area contributed by atoms with Crippen LogP contribution in [0.3, 0.4) is 0 Å². The second kappa shape index (κ2) is 4.79. The van der Waals surface area contributed by atoms with E-state index in [1.165, 1.54) is 6.42 Å². The summed E-state index contributed by atoms with van der Waals surface area (Å²) in [5.41, 5.74) is 2.89. The molecule has 0 spiro atoms. The molecule has 3 rings (SSSR count). The van der Waals surface area contributed by atoms with Gasteiger partial charge >= 0.3 is 0 Å². The van der Waals surface area contributed by atoms with Crippen molar-refractivity contribution in [1.82, 2.24) is 0 Å². The SMILES string of the molecule is Cc1cccc(NC2C3CCCOC3C2(C)C)c1C#N. The molecular formula is C17H22N2O. The molecule has 0 aromatic heterocycles. The van der Waals surface area contributed by atoms with Crippen LogP contribution in [0.2, 0.25) is 0 Å². The fourth-order valence-corrected chi connectivity index (χ4v) is 3.92. The number of ether oxygens (including phenoxy) is 1. The zero-order valence-corrected chi connectivity index (χ0v) is 12.4. The monoisotopic (exact) mass is 270 g/mol. The van der Waals surface area contributed by atoms with Crippen molar-refractivity contribution in [3.8, 4) is 6.07 Å². The van der Waals surface area contributed by atoms with E-state index in [4.69, 9.17) is 4.74 Å². The van der Waals surface area contributed by atoms with Crippen molar-refractivity contribution < 1.29 is 4.74 Å². The van der Waals surface area contributed by atoms with Crippen molar-refractivity contribution in [3.63, 3.8) is 0 Å². The van der Waals surface area contributed by atoms with Crippen LogP contribution in [0.1, 0.15) is 37.8 Å². The predicted octanol–water partition coefficient (Wildman–Crippen LogP) is 3.48. The Bertz CT molecular complexity index is 559. The molecule has 3 unspecified atom stereocenters. The summed E-state index contributed by atoms with van der Waals surface area (Å²) in [5, 5.41) is 13.0. The minimum atomic E-state index is 0.127. The Morgan fingerprint density at radius 2 is 2.20 bits per heavy atom. The van der Waals surface area contributed by atoms with E-state index in [1.807, 2.05) is 25.1 Å². The predicted molar refractivity (Wildman–Crippen MR) is 79.5 cm³/mol. The second-order valence-corrected chi connectivity index (χ2v) is 6.65. The van der Waals surface area contributed by atoms with Crippen LogP contribution >= 0.6 is 0 Å². The molecule has 1 aromatic carbocycles. The first-order chi connectivity index (χ1) is 9.55. The van der Waals surface area contributed by atoms with Gasteiger partial charge in [0.25, 0.3) is 0 Å². The Hall–Kier alpha value is -1.53. The molecule has 20 heavy (non-hydrogen) atoms. The highest BCUT2D eigenvalue weighted by atomic mass is 16.5. The van der Waals surface area contributed by atoms with E-state index < -0.39 is 0 Å². The first kappa shape index (κ1) is 13.5. The van der Waals surface area contributed by atoms with E-state index >= 15 is 0 Å². The zero-order chi connectivity index (χ0) is 14.3. The van der Waals surface area contributed by atoms with Crippen molar-refractivity contribution in [3.05, 3.63) is 29.3 Å². The number of anilines is 1. The summed E-state index contributed by atoms with van der Waals surface area (Å²) in [5.74, 6) is 0.575. The van der Waals surface area contributed by atoms with Crippen molar-refractivity contribution in [1.29, 1.82) is 5.26 Å². The molecule has 3 nitrogen and oxygen atoms in total. The van der Waals surface area contributed by atoms with Crippen molar-refractivity contribution in [2.75, 3.05) is 11.9 Å². The van der Waals surface area contributed by atoms with E-state index in [2.05, 4.69) is 25.2 Å². The van der Waals surface area contributed by atoms with Gasteiger partial charge in [-0.2, -0.15) is 5.26 Å². The standard InChI is InChI=1S/C17H22N2O/c1-11-6-4-8-14(13(11)10-18)19-15-12-7-5-9-20-16(12)17(15,2)3/h4,6,8,12,15-16,19H,5,7,9H2,1-3H3. The van der Waals surface area contributed by atoms with Crippen LogP contribution in [0.4, 0.5) is 5.69 Å². The maximum absolute atomic E-state index is 9.35. The topological polar surface area (TPSA) is 45.0 Å². The van der Waals surface area contributed by atoms with Gasteiger partial charge in [0.2, 0.25) is 0 Å². The molecule has 1 aromatic rings. The van der Waals surface area contributed by atoms with E-state index in [1.54, 1.807) is 0 Å². The molecule has 1 heterocycles. The van der Waals surface area contributed by atoms with Gasteiger partial charge in [-0.05, 0) is 31.4 Å². The Morgan fingerprint density at radius 1 is 1.40 bits per heavy atom. The number of hydrogen-bond donors (Lipinski definition) is 1. The summed E-state index contributed by atoms with van der Waals surface area (Å²) in [6, 6.07) is 8.73. The van der Waals surface area contributed by atoms with Gasteiger partial charge in [0.05, 0.1) is 17.4 Å². The maximum atomic E-state index is 9.35. The molecule has 2 aliphatic rings. The van der Waals surface area contributed by atoms with Gasteiger partial charge < -0.3 is 10.1 Å². The molecule has 1 saturated heterocycles. The van der Waals surface area contributed by atoms with Gasteiger partial charge in [-0.15, -0.1) is 0 Å². The Balaban J connectivity index is 1.85. The van der Waals surface area contributed by atoms with Gasteiger partial charge in [-0.3, -0.25) is 0 Å². The minimum absolute atomic E-state index is 0.127. The number of nitrogens with one attached hydrogen (secondary N) is 1. The Labute approximate surface area is 120 Å². The largest absolute Gasteiger partial charge is 0.380 e. The molecule has 2 fully saturated rings. The van der Waals surface area contributed by atoms with Crippen LogP contribution in [0, 0.1) is 29.6 Å². The molecule has 3 atom stereocenters. The zero-order valence-electron chi connectivity index (χ0n) is 12.4. The second-order valence-electron chi connectivity index (χ2n) is 6.65. The summed E-state index contributed by atoms with van der Waals surface area (Å²) in [4.78, 5) is 0. The smallest absolute Gasteiger partial charge is 0.102 e. The van der Waals surface area contributed by atoms with Crippen LogP contribution in [0.5, 0.6) is 0 Å². The van der Waals surface area contributed by atoms with Crippen molar-refractivity contribution in [2.24, 2.45) is 11.3 Å². The van der Waals surface area contributed by atoms with Crippen LogP contribution in [-0.4, -0.2) is 18.8 Å². The number of aryl methyl sites for hydroxylation is 1. The third kappa shape index (κ3) is 1.91. The average molecular weight is 270 g/mol. The van der Waals surface area contributed by atoms with Gasteiger partial charge in [0, 0.05) is 24.0 Å². The number of nitriles is 1. The fourth-order valence-electron chi connectivity index (χ4n) is 3.92. The van der Waals surface area contributed by atoms with Gasteiger partial charge in [0.15, 0.2) is 0 Å². The van der Waals surface area contributed by atoms with Crippen LogP contribution in [0.25, 0.3) is 0 Å². The lowest BCUT2D eigenvalue weighted by atomic mass is 9.55. The van der Waals surface area contributed by atoms with E-state index in [0.29, 0.717) is 18.1 Å². The molecule has 106 valence electrons. The molecule has 0 bridgehead atoms. The molecule has 0 radical (unpaired) electrons. The highest BCUT2D eigenvalue weighted by molar-refractivity contribution is 5.61. The number of rotatable bonds is 2. The number of benzene rings is 1. The van der Waals surface area contributed by atoms with E-state index in [9.17, 15) is 5.26 Å². The first-order valence-electron chi connectivity index (χ1n) is 7.43. The molecular weight excluding hydrogens is 248 g/mol. The highest BCUT2D eigenvalue weighted by Gasteiger charge is 2.57. The minimum Gasteiger partial charge on any atom is -0.380 e. The van der Waals surface area contributed by atoms with Crippen LogP contribution < -0.4 is 5.32 Å². The maximum Gasteiger partial charge on any atom is 0.102 e. The summed E-state index contributed by atoms with van der Waals surface area (Å²) in [6.45, 7) is 7.41. The van der Waals surface area contributed by atoms with Crippen LogP contribution in [-0.2, 0) is 4.74 Å². The van der Waals surface area contributed by atoms with Crippen molar-refractivity contribution in [2.45, 2.75) is 45.8 Å². The van der Waals surface area contributed by atoms with Gasteiger partial charge in [-0.25, -0.2) is 0 Å². The number of hydrogen-bond acceptors (Lipinski definition) is 3. The number of fused-ring (bicyclic) bond motifs is 1. The van der Waals surface area contributed by atoms with Crippen LogP contribution in [0.15, 0.2) is 18.2 Å². The fraction of sp³-hybridized carbons (Fsp3) is 0.588. The average Bonchev–Trinajstić information content (AvgIpc) is 2.45. The summed E-state index contributed by atoms with van der Waals surface area (Å²) < 4.78 is 5.94.